The fourth-order valence-electron chi connectivity index (χ4n) is 3.31. The van der Waals surface area contributed by atoms with Gasteiger partial charge >= 0.3 is 0 Å². The summed E-state index contributed by atoms with van der Waals surface area (Å²) in [6.45, 7) is 0. The van der Waals surface area contributed by atoms with Gasteiger partial charge < -0.3 is 4.90 Å². The van der Waals surface area contributed by atoms with Crippen molar-refractivity contribution in [3.05, 3.63) is 101 Å². The lowest BCUT2D eigenvalue weighted by atomic mass is 10.1. The lowest BCUT2D eigenvalue weighted by Crippen LogP contribution is -2.11. The Morgan fingerprint density at radius 2 is 1.64 bits per heavy atom. The number of benzene rings is 4. The molecule has 0 aliphatic heterocycles. The van der Waals surface area contributed by atoms with E-state index in [4.69, 9.17) is 5.48 Å². The molecule has 0 saturated heterocycles. The summed E-state index contributed by atoms with van der Waals surface area (Å²) in [7, 11) is 0. The van der Waals surface area contributed by atoms with Crippen LogP contribution in [0.25, 0.3) is 20.2 Å². The molecule has 5 aromatic rings. The van der Waals surface area contributed by atoms with E-state index in [-0.39, 0.29) is 5.69 Å². The smallest absolute Gasteiger partial charge is 0.147 e. The average Bonchev–Trinajstić information content (AvgIpc) is 3.16. The summed E-state index contributed by atoms with van der Waals surface area (Å²) in [6, 6.07) is 18.7. The Kier molecular flexibility index (Phi) is 3.39. The van der Waals surface area contributed by atoms with Gasteiger partial charge in [-0.15, -0.1) is 11.3 Å². The maximum atomic E-state index is 15.3. The molecule has 0 aliphatic rings. The first-order chi connectivity index (χ1) is 15.4. The van der Waals surface area contributed by atoms with Gasteiger partial charge in [0.2, 0.25) is 0 Å². The normalized spacial score (nSPS) is 13.2. The number of hydrogen-bond donors (Lipinski definition) is 0. The molecule has 0 unspecified atom stereocenters. The molecule has 0 fully saturated rings. The van der Waals surface area contributed by atoms with Crippen LogP contribution in [-0.2, 0) is 0 Å². The van der Waals surface area contributed by atoms with Gasteiger partial charge in [-0.2, -0.15) is 0 Å². The van der Waals surface area contributed by atoms with E-state index in [2.05, 4.69) is 22.0 Å². The predicted octanol–water partition coefficient (Wildman–Crippen LogP) is 8.43. The van der Waals surface area contributed by atoms with Crippen molar-refractivity contribution in [1.29, 1.82) is 0 Å². The van der Waals surface area contributed by atoms with Gasteiger partial charge in [-0.25, -0.2) is 4.39 Å². The number of hydrogen-bond acceptors (Lipinski definition) is 2. The van der Waals surface area contributed by atoms with Crippen LogP contribution in [0.5, 0.6) is 0 Å². The number of thiophene rings is 1. The van der Waals surface area contributed by atoms with Crippen LogP contribution in [0.15, 0.2) is 95.4 Å². The van der Waals surface area contributed by atoms with E-state index >= 15 is 4.39 Å². The Bertz CT molecular complexity index is 1470. The SMILES string of the molecule is [2H]c1c([2H])c([2H])c(N(c2ccccc2)c2ccc3sc4cc(Br)ccc4c3c2)c(F)c1[2H]. The summed E-state index contributed by atoms with van der Waals surface area (Å²) in [5, 5.41) is 2.07. The summed E-state index contributed by atoms with van der Waals surface area (Å²) in [4.78, 5) is 1.55. The van der Waals surface area contributed by atoms with E-state index in [1.807, 2.05) is 48.5 Å². The number of rotatable bonds is 3. The topological polar surface area (TPSA) is 3.24 Å². The quantitative estimate of drug-likeness (QED) is 0.266. The second-order valence-electron chi connectivity index (χ2n) is 6.26. The van der Waals surface area contributed by atoms with Crippen LogP contribution in [0.4, 0.5) is 21.5 Å². The zero-order valence-electron chi connectivity index (χ0n) is 18.5. The monoisotopic (exact) mass is 451 g/mol. The fourth-order valence-corrected chi connectivity index (χ4v) is 4.95. The molecule has 1 heterocycles. The third-order valence-corrected chi connectivity index (χ3v) is 6.16. The van der Waals surface area contributed by atoms with Gasteiger partial charge in [0.25, 0.3) is 0 Å². The standard InChI is InChI=1S/C24H15BrFNS/c25-16-10-12-19-20-15-18(11-13-23(20)28-24(19)14-16)27(17-6-2-1-3-7-17)22-9-5-4-8-21(22)26/h1-15H/i4D,5D,8D,9D. The third-order valence-electron chi connectivity index (χ3n) is 4.54. The van der Waals surface area contributed by atoms with Crippen molar-refractivity contribution in [2.45, 2.75) is 0 Å². The Balaban J connectivity index is 1.82. The number of nitrogens with zero attached hydrogens (tertiary/aromatic N) is 1. The average molecular weight is 452 g/mol. The molecule has 0 bridgehead atoms. The van der Waals surface area contributed by atoms with Crippen LogP contribution in [0, 0.1) is 5.82 Å². The summed E-state index contributed by atoms with van der Waals surface area (Å²) in [5.41, 5.74) is 0.997. The summed E-state index contributed by atoms with van der Waals surface area (Å²) in [6.07, 6.45) is 0. The number of halogens is 2. The van der Waals surface area contributed by atoms with Crippen molar-refractivity contribution in [1.82, 2.24) is 0 Å². The molecule has 0 N–H and O–H groups in total. The molecule has 0 aliphatic carbocycles. The molecule has 1 aromatic heterocycles. The number of anilines is 3. The highest BCUT2D eigenvalue weighted by Gasteiger charge is 2.17. The first-order valence-corrected chi connectivity index (χ1v) is 10.2. The molecule has 4 heteroatoms. The molecule has 0 amide bonds. The minimum atomic E-state index is -0.987. The van der Waals surface area contributed by atoms with Crippen LogP contribution < -0.4 is 4.90 Å². The third kappa shape index (κ3) is 2.99. The second kappa shape index (κ2) is 7.04. The minimum absolute atomic E-state index is 0.205. The van der Waals surface area contributed by atoms with Gasteiger partial charge in [0.15, 0.2) is 0 Å². The van der Waals surface area contributed by atoms with E-state index in [1.165, 1.54) is 0 Å². The number of para-hydroxylation sites is 2. The largest absolute Gasteiger partial charge is 0.308 e. The molecule has 0 saturated carbocycles. The van der Waals surface area contributed by atoms with E-state index in [0.29, 0.717) is 11.4 Å². The van der Waals surface area contributed by atoms with Crippen LogP contribution >= 0.6 is 27.3 Å². The zero-order valence-corrected chi connectivity index (χ0v) is 16.9. The van der Waals surface area contributed by atoms with Gasteiger partial charge in [0.05, 0.1) is 11.2 Å². The second-order valence-corrected chi connectivity index (χ2v) is 8.26. The molecule has 136 valence electrons. The van der Waals surface area contributed by atoms with Gasteiger partial charge in [0, 0.05) is 36.0 Å². The van der Waals surface area contributed by atoms with Gasteiger partial charge in [-0.05, 0) is 54.5 Å². The summed E-state index contributed by atoms with van der Waals surface area (Å²) >= 11 is 5.17. The molecule has 5 rings (SSSR count). The lowest BCUT2D eigenvalue weighted by molar-refractivity contribution is 0.629. The Labute approximate surface area is 180 Å². The highest BCUT2D eigenvalue weighted by Crippen LogP contribution is 2.41. The summed E-state index contributed by atoms with van der Waals surface area (Å²) < 4.78 is 50.8. The first kappa shape index (κ1) is 13.5. The lowest BCUT2D eigenvalue weighted by Gasteiger charge is -2.25. The molecule has 1 nitrogen and oxygen atoms in total. The molecule has 0 atom stereocenters. The van der Waals surface area contributed by atoms with Crippen molar-refractivity contribution in [2.75, 3.05) is 4.90 Å². The minimum Gasteiger partial charge on any atom is -0.308 e. The van der Waals surface area contributed by atoms with E-state index in [0.717, 1.165) is 24.6 Å². The molecule has 0 spiro atoms. The summed E-state index contributed by atoms with van der Waals surface area (Å²) in [5.74, 6) is -0.987. The first-order valence-electron chi connectivity index (χ1n) is 10.6. The Morgan fingerprint density at radius 1 is 0.821 bits per heavy atom. The van der Waals surface area contributed by atoms with E-state index in [9.17, 15) is 0 Å². The van der Waals surface area contributed by atoms with Crippen LogP contribution in [0.2, 0.25) is 0 Å². The number of fused-ring (bicyclic) bond motifs is 3. The molecular weight excluding hydrogens is 433 g/mol. The van der Waals surface area contributed by atoms with Crippen LogP contribution in [0.3, 0.4) is 0 Å². The van der Waals surface area contributed by atoms with E-state index < -0.39 is 30.0 Å². The van der Waals surface area contributed by atoms with E-state index in [1.54, 1.807) is 28.4 Å². The maximum Gasteiger partial charge on any atom is 0.147 e. The molecule has 28 heavy (non-hydrogen) atoms. The maximum absolute atomic E-state index is 15.3. The zero-order chi connectivity index (χ0) is 22.6. The Hall–Kier alpha value is -2.69. The van der Waals surface area contributed by atoms with Crippen molar-refractivity contribution in [2.24, 2.45) is 0 Å². The highest BCUT2D eigenvalue weighted by atomic mass is 79.9. The van der Waals surface area contributed by atoms with Gasteiger partial charge in [0.1, 0.15) is 5.82 Å². The van der Waals surface area contributed by atoms with Crippen molar-refractivity contribution in [3.63, 3.8) is 0 Å². The van der Waals surface area contributed by atoms with Crippen LogP contribution in [0.1, 0.15) is 5.48 Å². The van der Waals surface area contributed by atoms with Gasteiger partial charge in [-0.3, -0.25) is 0 Å². The van der Waals surface area contributed by atoms with Crippen molar-refractivity contribution < 1.29 is 9.87 Å². The Morgan fingerprint density at radius 3 is 2.50 bits per heavy atom. The fraction of sp³-hybridized carbons (Fsp3) is 0. The van der Waals surface area contributed by atoms with Gasteiger partial charge in [-0.1, -0.05) is 52.3 Å². The molecular formula is C24H15BrFNS. The highest BCUT2D eigenvalue weighted by molar-refractivity contribution is 9.10. The van der Waals surface area contributed by atoms with Crippen LogP contribution in [-0.4, -0.2) is 0 Å². The molecule has 0 radical (unpaired) electrons. The van der Waals surface area contributed by atoms with Crippen molar-refractivity contribution >= 4 is 64.5 Å². The van der Waals surface area contributed by atoms with Crippen molar-refractivity contribution in [3.8, 4) is 0 Å². The molecule has 4 aromatic carbocycles. The predicted molar refractivity (Wildman–Crippen MR) is 122 cm³/mol.